The van der Waals surface area contributed by atoms with E-state index < -0.39 is 0 Å². The van der Waals surface area contributed by atoms with E-state index in [4.69, 9.17) is 16.3 Å². The van der Waals surface area contributed by atoms with E-state index in [2.05, 4.69) is 19.1 Å². The number of benzene rings is 1. The van der Waals surface area contributed by atoms with Crippen LogP contribution in [0.1, 0.15) is 76.7 Å². The molecule has 0 amide bonds. The topological polar surface area (TPSA) is 9.23 Å². The van der Waals surface area contributed by atoms with Crippen LogP contribution in [0.15, 0.2) is 30.3 Å². The van der Waals surface area contributed by atoms with Gasteiger partial charge in [0.1, 0.15) is 5.75 Å². The quantitative estimate of drug-likeness (QED) is 0.257. The van der Waals surface area contributed by atoms with Crippen molar-refractivity contribution in [2.24, 2.45) is 0 Å². The number of alkyl halides is 1. The van der Waals surface area contributed by atoms with Crippen LogP contribution in [-0.2, 0) is 0 Å². The maximum absolute atomic E-state index is 5.79. The van der Waals surface area contributed by atoms with Gasteiger partial charge in [0.2, 0.25) is 0 Å². The van der Waals surface area contributed by atoms with Gasteiger partial charge in [-0.05, 0) is 24.1 Å². The molecule has 0 spiro atoms. The molecule has 1 aromatic carbocycles. The molecule has 0 saturated carbocycles. The van der Waals surface area contributed by atoms with Crippen LogP contribution < -0.4 is 4.74 Å². The zero-order valence-electron chi connectivity index (χ0n) is 14.7. The number of allylic oxidation sites excluding steroid dienone is 1. The monoisotopic (exact) mass is 336 g/mol. The molecule has 1 rings (SSSR count). The van der Waals surface area contributed by atoms with E-state index in [0.29, 0.717) is 5.88 Å². The Bertz CT molecular complexity index is 397. The van der Waals surface area contributed by atoms with Gasteiger partial charge in [0, 0.05) is 5.88 Å². The third-order valence-electron chi connectivity index (χ3n) is 4.05. The Balaban J connectivity index is 1.95. The number of ether oxygens (including phenoxy) is 1. The Hall–Kier alpha value is -0.950. The average Bonchev–Trinajstić information content (AvgIpc) is 2.59. The lowest BCUT2D eigenvalue weighted by molar-refractivity contribution is 0.304. The van der Waals surface area contributed by atoms with E-state index in [9.17, 15) is 0 Å². The van der Waals surface area contributed by atoms with Gasteiger partial charge < -0.3 is 4.74 Å². The molecule has 0 radical (unpaired) electrons. The van der Waals surface area contributed by atoms with Gasteiger partial charge in [-0.15, -0.1) is 11.6 Å². The molecule has 1 nitrogen and oxygen atoms in total. The van der Waals surface area contributed by atoms with Crippen molar-refractivity contribution in [1.82, 2.24) is 0 Å². The van der Waals surface area contributed by atoms with Crippen molar-refractivity contribution in [1.29, 1.82) is 0 Å². The van der Waals surface area contributed by atoms with Crippen LogP contribution in [0.25, 0.3) is 6.08 Å². The van der Waals surface area contributed by atoms with Crippen LogP contribution in [0, 0.1) is 0 Å². The molecule has 0 aliphatic heterocycles. The van der Waals surface area contributed by atoms with Crippen molar-refractivity contribution >= 4 is 17.7 Å². The van der Waals surface area contributed by atoms with Crippen molar-refractivity contribution in [3.8, 4) is 5.75 Å². The van der Waals surface area contributed by atoms with E-state index in [1.165, 1.54) is 57.8 Å². The predicted octanol–water partition coefficient (Wildman–Crippen LogP) is 7.24. The molecule has 0 fully saturated rings. The smallest absolute Gasteiger partial charge is 0.119 e. The Morgan fingerprint density at radius 2 is 1.39 bits per heavy atom. The molecular weight excluding hydrogens is 304 g/mol. The lowest BCUT2D eigenvalue weighted by Gasteiger charge is -2.06. The summed E-state index contributed by atoms with van der Waals surface area (Å²) in [5, 5.41) is 0. The summed E-state index contributed by atoms with van der Waals surface area (Å²) in [4.78, 5) is 0. The van der Waals surface area contributed by atoms with Crippen LogP contribution in [-0.4, -0.2) is 12.5 Å². The van der Waals surface area contributed by atoms with Crippen LogP contribution >= 0.6 is 11.6 Å². The van der Waals surface area contributed by atoms with Gasteiger partial charge in [0.25, 0.3) is 0 Å². The van der Waals surface area contributed by atoms with E-state index >= 15 is 0 Å². The molecule has 0 N–H and O–H groups in total. The van der Waals surface area contributed by atoms with Crippen molar-refractivity contribution in [2.75, 3.05) is 12.5 Å². The largest absolute Gasteiger partial charge is 0.494 e. The molecule has 0 aliphatic rings. The highest BCUT2D eigenvalue weighted by Crippen LogP contribution is 2.15. The molecule has 0 atom stereocenters. The molecular formula is C21H33ClO. The summed E-state index contributed by atoms with van der Waals surface area (Å²) in [6.07, 6.45) is 17.6. The van der Waals surface area contributed by atoms with E-state index in [0.717, 1.165) is 24.3 Å². The normalized spacial score (nSPS) is 11.2. The van der Waals surface area contributed by atoms with Gasteiger partial charge in [-0.1, -0.05) is 89.0 Å². The average molecular weight is 337 g/mol. The summed E-state index contributed by atoms with van der Waals surface area (Å²) in [6.45, 7) is 3.10. The number of unbranched alkanes of at least 4 members (excludes halogenated alkanes) is 9. The molecule has 0 aromatic heterocycles. The first-order chi connectivity index (χ1) is 11.4. The predicted molar refractivity (Wildman–Crippen MR) is 104 cm³/mol. The second kappa shape index (κ2) is 14.6. The SMILES string of the molecule is CCCCCCCCCCCCOc1ccc(C=CCCl)cc1. The lowest BCUT2D eigenvalue weighted by Crippen LogP contribution is -1.97. The number of hydrogen-bond donors (Lipinski definition) is 0. The van der Waals surface area contributed by atoms with E-state index in [1.807, 2.05) is 24.3 Å². The highest BCUT2D eigenvalue weighted by atomic mass is 35.5. The molecule has 0 aliphatic carbocycles. The summed E-state index contributed by atoms with van der Waals surface area (Å²) >= 11 is 5.63. The maximum Gasteiger partial charge on any atom is 0.119 e. The Kier molecular flexibility index (Phi) is 12.8. The standard InChI is InChI=1S/C21H33ClO/c1-2-3-4-5-6-7-8-9-10-11-19-23-21-16-14-20(15-17-21)13-12-18-22/h12-17H,2-11,18-19H2,1H3. The first-order valence-corrected chi connectivity index (χ1v) is 9.85. The van der Waals surface area contributed by atoms with Gasteiger partial charge in [-0.2, -0.15) is 0 Å². The first kappa shape index (κ1) is 20.1. The number of hydrogen-bond acceptors (Lipinski definition) is 1. The molecule has 0 heterocycles. The number of rotatable bonds is 14. The molecule has 0 unspecified atom stereocenters. The second-order valence-electron chi connectivity index (χ2n) is 6.16. The Labute approximate surface area is 148 Å². The van der Waals surface area contributed by atoms with Gasteiger partial charge in [-0.3, -0.25) is 0 Å². The molecule has 0 bridgehead atoms. The van der Waals surface area contributed by atoms with Gasteiger partial charge in [0.15, 0.2) is 0 Å². The third-order valence-corrected chi connectivity index (χ3v) is 4.22. The second-order valence-corrected chi connectivity index (χ2v) is 6.46. The lowest BCUT2D eigenvalue weighted by atomic mass is 10.1. The summed E-state index contributed by atoms with van der Waals surface area (Å²) in [5.41, 5.74) is 1.16. The highest BCUT2D eigenvalue weighted by molar-refractivity contribution is 6.19. The summed E-state index contributed by atoms with van der Waals surface area (Å²) < 4.78 is 5.79. The van der Waals surface area contributed by atoms with Crippen molar-refractivity contribution in [2.45, 2.75) is 71.1 Å². The minimum absolute atomic E-state index is 0.553. The van der Waals surface area contributed by atoms with Crippen LogP contribution in [0.4, 0.5) is 0 Å². The molecule has 2 heteroatoms. The fourth-order valence-electron chi connectivity index (χ4n) is 2.64. The minimum Gasteiger partial charge on any atom is -0.494 e. The van der Waals surface area contributed by atoms with E-state index in [1.54, 1.807) is 0 Å². The molecule has 0 saturated heterocycles. The van der Waals surface area contributed by atoms with Crippen molar-refractivity contribution < 1.29 is 4.74 Å². The molecule has 130 valence electrons. The van der Waals surface area contributed by atoms with Gasteiger partial charge in [0.05, 0.1) is 6.61 Å². The molecule has 23 heavy (non-hydrogen) atoms. The summed E-state index contributed by atoms with van der Waals surface area (Å²) in [6, 6.07) is 8.20. The van der Waals surface area contributed by atoms with E-state index in [-0.39, 0.29) is 0 Å². The van der Waals surface area contributed by atoms with Crippen LogP contribution in [0.3, 0.4) is 0 Å². The fourth-order valence-corrected chi connectivity index (χ4v) is 2.72. The zero-order valence-corrected chi connectivity index (χ0v) is 15.5. The van der Waals surface area contributed by atoms with Gasteiger partial charge in [-0.25, -0.2) is 0 Å². The molecule has 1 aromatic rings. The minimum atomic E-state index is 0.553. The first-order valence-electron chi connectivity index (χ1n) is 9.32. The Morgan fingerprint density at radius 1 is 0.826 bits per heavy atom. The van der Waals surface area contributed by atoms with Crippen LogP contribution in [0.5, 0.6) is 5.75 Å². The Morgan fingerprint density at radius 3 is 1.96 bits per heavy atom. The van der Waals surface area contributed by atoms with Gasteiger partial charge >= 0.3 is 0 Å². The fraction of sp³-hybridized carbons (Fsp3) is 0.619. The van der Waals surface area contributed by atoms with Crippen molar-refractivity contribution in [3.63, 3.8) is 0 Å². The summed E-state index contributed by atoms with van der Waals surface area (Å²) in [5.74, 6) is 1.51. The third kappa shape index (κ3) is 11.3. The number of halogens is 1. The zero-order chi connectivity index (χ0) is 16.6. The maximum atomic E-state index is 5.79. The van der Waals surface area contributed by atoms with Crippen LogP contribution in [0.2, 0.25) is 0 Å². The summed E-state index contributed by atoms with van der Waals surface area (Å²) in [7, 11) is 0. The highest BCUT2D eigenvalue weighted by Gasteiger charge is 1.95. The van der Waals surface area contributed by atoms with Crippen molar-refractivity contribution in [3.05, 3.63) is 35.9 Å².